The molecule has 3 rings (SSSR count). The van der Waals surface area contributed by atoms with Crippen molar-refractivity contribution in [2.24, 2.45) is 0 Å². The van der Waals surface area contributed by atoms with E-state index in [1.165, 1.54) is 0 Å². The Morgan fingerprint density at radius 3 is 2.35 bits per heavy atom. The van der Waals surface area contributed by atoms with Gasteiger partial charge in [0, 0.05) is 39.3 Å². The second-order valence-corrected chi connectivity index (χ2v) is 8.35. The van der Waals surface area contributed by atoms with Crippen LogP contribution in [-0.4, -0.2) is 69.8 Å². The van der Waals surface area contributed by atoms with Gasteiger partial charge in [-0.05, 0) is 0 Å². The number of nitriles is 1. The number of hydrogen-bond donors (Lipinski definition) is 3. The van der Waals surface area contributed by atoms with Crippen molar-refractivity contribution in [2.75, 3.05) is 60.6 Å². The second-order valence-electron chi connectivity index (χ2n) is 5.56. The van der Waals surface area contributed by atoms with E-state index in [4.69, 9.17) is 11.6 Å². The van der Waals surface area contributed by atoms with E-state index in [0.717, 1.165) is 26.2 Å². The van der Waals surface area contributed by atoms with Gasteiger partial charge in [-0.25, -0.2) is 4.98 Å². The van der Waals surface area contributed by atoms with Gasteiger partial charge in [-0.2, -0.15) is 20.8 Å². The minimum absolute atomic E-state index is 0.155. The molecule has 0 radical (unpaired) electrons. The number of anilines is 2. The van der Waals surface area contributed by atoms with Gasteiger partial charge in [0.25, 0.3) is 0 Å². The highest BCUT2D eigenvalue weighted by Gasteiger charge is 2.27. The van der Waals surface area contributed by atoms with Crippen LogP contribution in [0, 0.1) is 11.3 Å². The summed E-state index contributed by atoms with van der Waals surface area (Å²) in [6.45, 7) is 4.12. The van der Waals surface area contributed by atoms with Crippen LogP contribution in [0.2, 0.25) is 5.02 Å². The lowest BCUT2D eigenvalue weighted by molar-refractivity contribution is 0.479. The van der Waals surface area contributed by atoms with Gasteiger partial charge in [0.1, 0.15) is 11.1 Å². The van der Waals surface area contributed by atoms with Crippen molar-refractivity contribution in [3.05, 3.63) is 10.7 Å². The lowest BCUT2D eigenvalue weighted by Gasteiger charge is -2.41. The lowest BCUT2D eigenvalue weighted by atomic mass is 10.3. The van der Waals surface area contributed by atoms with Crippen molar-refractivity contribution in [2.45, 2.75) is 0 Å². The summed E-state index contributed by atoms with van der Waals surface area (Å²) in [6.07, 6.45) is 0. The Balaban J connectivity index is 1.91. The number of nitrogens with zero attached hydrogens (tertiary/aromatic N) is 5. The maximum Gasteiger partial charge on any atom is 0.228 e. The first-order valence-corrected chi connectivity index (χ1v) is 9.68. The predicted molar refractivity (Wildman–Crippen MR) is 91.6 cm³/mol. The van der Waals surface area contributed by atoms with Crippen LogP contribution in [0.25, 0.3) is 0 Å². The second kappa shape index (κ2) is 6.67. The van der Waals surface area contributed by atoms with Crippen LogP contribution >= 0.6 is 22.2 Å². The van der Waals surface area contributed by atoms with Crippen LogP contribution in [-0.2, 0) is 0 Å². The Bertz CT molecular complexity index is 622. The molecule has 8 nitrogen and oxygen atoms in total. The third kappa shape index (κ3) is 3.62. The smallest absolute Gasteiger partial charge is 0.228 e. The molecular formula is C13H19ClN6O2S. The van der Waals surface area contributed by atoms with Gasteiger partial charge in [0.2, 0.25) is 5.95 Å². The largest absolute Gasteiger partial charge is 0.352 e. The van der Waals surface area contributed by atoms with Crippen LogP contribution in [0.4, 0.5) is 11.8 Å². The van der Waals surface area contributed by atoms with E-state index in [9.17, 15) is 14.4 Å². The Morgan fingerprint density at radius 2 is 1.74 bits per heavy atom. The highest BCUT2D eigenvalue weighted by molar-refractivity contribution is 8.24. The number of nitrogens with one attached hydrogen (secondary N) is 1. The van der Waals surface area contributed by atoms with Crippen LogP contribution in [0.1, 0.15) is 5.69 Å². The first-order chi connectivity index (χ1) is 11.0. The first-order valence-electron chi connectivity index (χ1n) is 7.42. The Kier molecular flexibility index (Phi) is 4.79. The van der Waals surface area contributed by atoms with Crippen LogP contribution in [0.3, 0.4) is 0 Å². The molecule has 0 aromatic carbocycles. The van der Waals surface area contributed by atoms with Gasteiger partial charge >= 0.3 is 0 Å². The van der Waals surface area contributed by atoms with E-state index >= 15 is 0 Å². The molecule has 0 saturated carbocycles. The number of piperazine rings is 1. The monoisotopic (exact) mass is 358 g/mol. The van der Waals surface area contributed by atoms with Gasteiger partial charge in [-0.1, -0.05) is 11.6 Å². The minimum atomic E-state index is -2.49. The highest BCUT2D eigenvalue weighted by atomic mass is 35.5. The van der Waals surface area contributed by atoms with Crippen molar-refractivity contribution < 1.29 is 9.11 Å². The van der Waals surface area contributed by atoms with E-state index in [1.807, 2.05) is 15.9 Å². The average Bonchev–Trinajstić information content (AvgIpc) is 2.56. The summed E-state index contributed by atoms with van der Waals surface area (Å²) in [6, 6.07) is 2.02. The zero-order valence-corrected chi connectivity index (χ0v) is 14.1. The van der Waals surface area contributed by atoms with Gasteiger partial charge in [0.15, 0.2) is 11.5 Å². The summed E-state index contributed by atoms with van der Waals surface area (Å²) < 4.78 is 19.5. The van der Waals surface area contributed by atoms with Crippen molar-refractivity contribution in [3.63, 3.8) is 0 Å². The molecule has 2 aliphatic heterocycles. The molecular weight excluding hydrogens is 340 g/mol. The summed E-state index contributed by atoms with van der Waals surface area (Å²) in [5, 5.41) is 12.8. The summed E-state index contributed by atoms with van der Waals surface area (Å²) in [7, 11) is -2.49. The molecule has 0 unspecified atom stereocenters. The van der Waals surface area contributed by atoms with Gasteiger partial charge < -0.3 is 15.1 Å². The molecule has 0 spiro atoms. The standard InChI is InChI=1S/C13H19ClN6O2S/c14-11-10(9-15)17-13(20-3-1-16-2-4-20)18-12(11)19-5-7-23(21,22)8-6-19/h16,21-22H,1-8H2. The topological polar surface area (TPSA) is 109 Å². The number of hydrogen-bond acceptors (Lipinski definition) is 8. The maximum absolute atomic E-state index is 9.75. The number of rotatable bonds is 2. The summed E-state index contributed by atoms with van der Waals surface area (Å²) in [5.74, 6) is 1.58. The molecule has 3 heterocycles. The van der Waals surface area contributed by atoms with Crippen molar-refractivity contribution in [3.8, 4) is 6.07 Å². The third-order valence-corrected chi connectivity index (χ3v) is 6.02. The minimum Gasteiger partial charge on any atom is -0.352 e. The first kappa shape index (κ1) is 16.5. The quantitative estimate of drug-likeness (QED) is 0.718. The number of halogens is 1. The normalized spacial score (nSPS) is 22.5. The van der Waals surface area contributed by atoms with Crippen molar-refractivity contribution in [1.29, 1.82) is 5.26 Å². The molecule has 0 amide bonds. The Morgan fingerprint density at radius 1 is 1.09 bits per heavy atom. The van der Waals surface area contributed by atoms with Gasteiger partial charge in [0.05, 0.1) is 11.5 Å². The molecule has 1 aromatic rings. The molecule has 2 fully saturated rings. The molecule has 0 aliphatic carbocycles. The van der Waals surface area contributed by atoms with Crippen LogP contribution in [0.15, 0.2) is 0 Å². The van der Waals surface area contributed by atoms with E-state index in [0.29, 0.717) is 24.9 Å². The van der Waals surface area contributed by atoms with E-state index in [1.54, 1.807) is 0 Å². The van der Waals surface area contributed by atoms with Gasteiger partial charge in [-0.3, -0.25) is 9.11 Å². The average molecular weight is 359 g/mol. The molecule has 126 valence electrons. The zero-order chi connectivity index (χ0) is 16.4. The summed E-state index contributed by atoms with van der Waals surface area (Å²) >= 11 is 6.29. The Labute approximate surface area is 141 Å². The fourth-order valence-electron chi connectivity index (χ4n) is 2.65. The lowest BCUT2D eigenvalue weighted by Crippen LogP contribution is -2.45. The van der Waals surface area contributed by atoms with Gasteiger partial charge in [-0.15, -0.1) is 0 Å². The highest BCUT2D eigenvalue weighted by Crippen LogP contribution is 2.42. The SMILES string of the molecule is N#Cc1nc(N2CCNCC2)nc(N2CCS(O)(O)CC2)c1Cl. The molecule has 2 aliphatic rings. The van der Waals surface area contributed by atoms with E-state index in [2.05, 4.69) is 15.3 Å². The number of aromatic nitrogens is 2. The third-order valence-electron chi connectivity index (χ3n) is 4.00. The predicted octanol–water partition coefficient (Wildman–Crippen LogP) is 0.982. The molecule has 0 bridgehead atoms. The fraction of sp³-hybridized carbons (Fsp3) is 0.615. The Hall–Kier alpha value is -1.31. The molecule has 23 heavy (non-hydrogen) atoms. The van der Waals surface area contributed by atoms with E-state index < -0.39 is 10.6 Å². The zero-order valence-electron chi connectivity index (χ0n) is 12.6. The molecule has 3 N–H and O–H groups in total. The summed E-state index contributed by atoms with van der Waals surface area (Å²) in [5.41, 5.74) is 0.155. The fourth-order valence-corrected chi connectivity index (χ4v) is 4.13. The molecule has 0 atom stereocenters. The molecule has 1 aromatic heterocycles. The van der Waals surface area contributed by atoms with Crippen LogP contribution in [0.5, 0.6) is 0 Å². The van der Waals surface area contributed by atoms with Crippen LogP contribution < -0.4 is 15.1 Å². The molecule has 2 saturated heterocycles. The van der Waals surface area contributed by atoms with E-state index in [-0.39, 0.29) is 22.2 Å². The molecule has 10 heteroatoms. The van der Waals surface area contributed by atoms with Crippen molar-refractivity contribution >= 4 is 34.0 Å². The van der Waals surface area contributed by atoms with Crippen molar-refractivity contribution in [1.82, 2.24) is 15.3 Å². The maximum atomic E-state index is 9.75. The summed E-state index contributed by atoms with van der Waals surface area (Å²) in [4.78, 5) is 12.7.